The Morgan fingerprint density at radius 2 is 2.28 bits per heavy atom. The Morgan fingerprint density at radius 3 is 3.00 bits per heavy atom. The van der Waals surface area contributed by atoms with Crippen LogP contribution in [0.25, 0.3) is 11.4 Å². The average Bonchev–Trinajstić information content (AvgIpc) is 2.83. The van der Waals surface area contributed by atoms with Crippen molar-refractivity contribution >= 4 is 15.9 Å². The molecule has 1 fully saturated rings. The van der Waals surface area contributed by atoms with Crippen LogP contribution in [0.1, 0.15) is 25.5 Å². The minimum Gasteiger partial charge on any atom is -0.357 e. The zero-order valence-corrected chi connectivity index (χ0v) is 11.5. The molecule has 0 bridgehead atoms. The number of nitrogens with zero attached hydrogens (tertiary/aromatic N) is 3. The minimum atomic E-state index is 0.0625. The first-order chi connectivity index (χ1) is 8.84. The average molecular weight is 308 g/mol. The Labute approximate surface area is 114 Å². The summed E-state index contributed by atoms with van der Waals surface area (Å²) in [5, 5.41) is 4.59. The molecule has 5 heteroatoms. The van der Waals surface area contributed by atoms with Gasteiger partial charge < -0.3 is 4.74 Å². The van der Waals surface area contributed by atoms with Crippen LogP contribution in [0.15, 0.2) is 35.1 Å². The van der Waals surface area contributed by atoms with Gasteiger partial charge in [0, 0.05) is 19.0 Å². The van der Waals surface area contributed by atoms with Gasteiger partial charge >= 0.3 is 0 Å². The molecule has 0 aromatic carbocycles. The lowest BCUT2D eigenvalue weighted by Gasteiger charge is -2.22. The maximum atomic E-state index is 5.73. The van der Waals surface area contributed by atoms with Crippen molar-refractivity contribution in [2.24, 2.45) is 0 Å². The molecule has 2 aromatic rings. The van der Waals surface area contributed by atoms with E-state index in [9.17, 15) is 0 Å². The number of hydrogen-bond donors (Lipinski definition) is 0. The molecular formula is C13H14BrN3O. The molecule has 3 rings (SSSR count). The molecule has 1 unspecified atom stereocenters. The van der Waals surface area contributed by atoms with E-state index in [1.54, 1.807) is 6.20 Å². The van der Waals surface area contributed by atoms with E-state index in [0.29, 0.717) is 0 Å². The monoisotopic (exact) mass is 307 g/mol. The first-order valence-electron chi connectivity index (χ1n) is 6.12. The summed E-state index contributed by atoms with van der Waals surface area (Å²) in [4.78, 5) is 4.32. The summed E-state index contributed by atoms with van der Waals surface area (Å²) in [7, 11) is 0. The lowest BCUT2D eigenvalue weighted by molar-refractivity contribution is -0.0394. The third-order valence-electron chi connectivity index (χ3n) is 3.05. The van der Waals surface area contributed by atoms with E-state index < -0.39 is 0 Å². The molecule has 0 spiro atoms. The zero-order chi connectivity index (χ0) is 12.4. The number of hydrogen-bond acceptors (Lipinski definition) is 3. The van der Waals surface area contributed by atoms with Crippen LogP contribution < -0.4 is 0 Å². The van der Waals surface area contributed by atoms with Gasteiger partial charge in [-0.1, -0.05) is 6.07 Å². The molecule has 1 aliphatic heterocycles. The molecule has 4 nitrogen and oxygen atoms in total. The summed E-state index contributed by atoms with van der Waals surface area (Å²) >= 11 is 3.54. The fourth-order valence-corrected chi connectivity index (χ4v) is 2.62. The number of halogens is 1. The largest absolute Gasteiger partial charge is 0.357 e. The predicted molar refractivity (Wildman–Crippen MR) is 72.0 cm³/mol. The highest BCUT2D eigenvalue weighted by Gasteiger charge is 2.19. The normalized spacial score (nSPS) is 19.9. The summed E-state index contributed by atoms with van der Waals surface area (Å²) in [5.41, 5.74) is 1.74. The van der Waals surface area contributed by atoms with Crippen LogP contribution in [0.3, 0.4) is 0 Å². The fourth-order valence-electron chi connectivity index (χ4n) is 2.13. The summed E-state index contributed by atoms with van der Waals surface area (Å²) in [5.74, 6) is 0. The zero-order valence-electron chi connectivity index (χ0n) is 9.92. The Morgan fingerprint density at radius 1 is 1.33 bits per heavy atom. The quantitative estimate of drug-likeness (QED) is 0.853. The van der Waals surface area contributed by atoms with Gasteiger partial charge in [-0.05, 0) is 47.3 Å². The number of aromatic nitrogens is 3. The second-order valence-corrected chi connectivity index (χ2v) is 5.20. The van der Waals surface area contributed by atoms with Gasteiger partial charge in [-0.3, -0.25) is 4.98 Å². The Balaban J connectivity index is 1.91. The smallest absolute Gasteiger partial charge is 0.150 e. The van der Waals surface area contributed by atoms with Crippen LogP contribution >= 0.6 is 15.9 Å². The Kier molecular flexibility index (Phi) is 3.43. The second-order valence-electron chi connectivity index (χ2n) is 4.34. The van der Waals surface area contributed by atoms with Crippen molar-refractivity contribution in [2.75, 3.05) is 6.61 Å². The van der Waals surface area contributed by atoms with Gasteiger partial charge in [-0.2, -0.15) is 5.10 Å². The van der Waals surface area contributed by atoms with Gasteiger partial charge in [0.05, 0.1) is 10.2 Å². The van der Waals surface area contributed by atoms with Crippen LogP contribution in [0, 0.1) is 0 Å². The molecule has 1 atom stereocenters. The first-order valence-corrected chi connectivity index (χ1v) is 6.91. The summed E-state index contributed by atoms with van der Waals surface area (Å²) < 4.78 is 8.58. The summed E-state index contributed by atoms with van der Waals surface area (Å²) in [6, 6.07) is 5.82. The molecule has 94 valence electrons. The van der Waals surface area contributed by atoms with Crippen molar-refractivity contribution in [3.05, 3.63) is 35.1 Å². The van der Waals surface area contributed by atoms with E-state index in [1.165, 1.54) is 6.42 Å². The molecule has 0 radical (unpaired) electrons. The lowest BCUT2D eigenvalue weighted by Crippen LogP contribution is -2.18. The van der Waals surface area contributed by atoms with Gasteiger partial charge in [0.1, 0.15) is 11.9 Å². The van der Waals surface area contributed by atoms with E-state index in [4.69, 9.17) is 4.74 Å². The minimum absolute atomic E-state index is 0.0625. The topological polar surface area (TPSA) is 39.9 Å². The highest BCUT2D eigenvalue weighted by Crippen LogP contribution is 2.29. The fraction of sp³-hybridized carbons (Fsp3) is 0.385. The van der Waals surface area contributed by atoms with Crippen LogP contribution in [0.5, 0.6) is 0 Å². The molecular weight excluding hydrogens is 294 g/mol. The van der Waals surface area contributed by atoms with Gasteiger partial charge in [-0.15, -0.1) is 0 Å². The molecule has 2 aromatic heterocycles. The Bertz CT molecular complexity index is 520. The van der Waals surface area contributed by atoms with E-state index >= 15 is 0 Å². The van der Waals surface area contributed by atoms with Crippen LogP contribution in [-0.2, 0) is 4.74 Å². The van der Waals surface area contributed by atoms with E-state index in [1.807, 2.05) is 29.1 Å². The first kappa shape index (κ1) is 11.9. The van der Waals surface area contributed by atoms with Crippen molar-refractivity contribution in [3.8, 4) is 11.4 Å². The standard InChI is InChI=1S/C13H14BrN3O/c14-10-9-17(12-6-2-4-8-18-12)16-13(10)11-5-1-3-7-15-11/h1,3,5,7,9,12H,2,4,6,8H2. The van der Waals surface area contributed by atoms with Gasteiger partial charge in [0.2, 0.25) is 0 Å². The maximum Gasteiger partial charge on any atom is 0.150 e. The lowest BCUT2D eigenvalue weighted by atomic mass is 10.2. The number of rotatable bonds is 2. The second kappa shape index (κ2) is 5.20. The van der Waals surface area contributed by atoms with E-state index in [-0.39, 0.29) is 6.23 Å². The molecule has 0 saturated carbocycles. The van der Waals surface area contributed by atoms with Gasteiger partial charge in [0.25, 0.3) is 0 Å². The SMILES string of the molecule is Brc1cn(C2CCCCO2)nc1-c1ccccn1. The van der Waals surface area contributed by atoms with Crippen molar-refractivity contribution in [1.82, 2.24) is 14.8 Å². The van der Waals surface area contributed by atoms with E-state index in [2.05, 4.69) is 26.0 Å². The van der Waals surface area contributed by atoms with Gasteiger partial charge in [-0.25, -0.2) is 4.68 Å². The maximum absolute atomic E-state index is 5.73. The van der Waals surface area contributed by atoms with Crippen molar-refractivity contribution < 1.29 is 4.74 Å². The number of ether oxygens (including phenoxy) is 1. The van der Waals surface area contributed by atoms with Crippen LogP contribution in [0.4, 0.5) is 0 Å². The summed E-state index contributed by atoms with van der Waals surface area (Å²) in [6.45, 7) is 0.821. The molecule has 18 heavy (non-hydrogen) atoms. The number of pyridine rings is 1. The van der Waals surface area contributed by atoms with E-state index in [0.717, 1.165) is 35.3 Å². The third-order valence-corrected chi connectivity index (χ3v) is 3.63. The van der Waals surface area contributed by atoms with Gasteiger partial charge in [0.15, 0.2) is 0 Å². The van der Waals surface area contributed by atoms with Crippen LogP contribution in [0.2, 0.25) is 0 Å². The molecule has 0 amide bonds. The molecule has 1 saturated heterocycles. The third kappa shape index (κ3) is 2.33. The highest BCUT2D eigenvalue weighted by atomic mass is 79.9. The molecule has 1 aliphatic rings. The molecule has 0 aliphatic carbocycles. The van der Waals surface area contributed by atoms with Crippen molar-refractivity contribution in [2.45, 2.75) is 25.5 Å². The molecule has 0 N–H and O–H groups in total. The van der Waals surface area contributed by atoms with Crippen molar-refractivity contribution in [3.63, 3.8) is 0 Å². The predicted octanol–water partition coefficient (Wildman–Crippen LogP) is 3.41. The van der Waals surface area contributed by atoms with Crippen LogP contribution in [-0.4, -0.2) is 21.4 Å². The van der Waals surface area contributed by atoms with Crippen molar-refractivity contribution in [1.29, 1.82) is 0 Å². The summed E-state index contributed by atoms with van der Waals surface area (Å²) in [6.07, 6.45) is 7.17. The Hall–Kier alpha value is -1.20. The highest BCUT2D eigenvalue weighted by molar-refractivity contribution is 9.10. The molecule has 3 heterocycles.